The monoisotopic (exact) mass is 210 g/mol. The summed E-state index contributed by atoms with van der Waals surface area (Å²) >= 11 is 10.0. The molecule has 3 heteroatoms. The maximum Gasteiger partial charge on any atom is 0.179 e. The normalized spacial score (nSPS) is 16.0. The number of hydrogen-bond donors (Lipinski definition) is 1. The van der Waals surface area contributed by atoms with E-state index in [4.69, 9.17) is 11.6 Å². The number of ketones is 1. The van der Waals surface area contributed by atoms with Gasteiger partial charge in [-0.3, -0.25) is 4.79 Å². The summed E-state index contributed by atoms with van der Waals surface area (Å²) < 4.78 is 0. The number of carbonyl (C=O) groups excluding carboxylic acids is 1. The molecule has 0 saturated carbocycles. The summed E-state index contributed by atoms with van der Waals surface area (Å²) in [7, 11) is 0. The second-order valence-corrected chi connectivity index (χ2v) is 3.74. The standard InChI is InChI=1S/C10H7ClOS/c11-9-8(12)5-6-3-1-2-4-7(6)10(9)13/h1-4,13H,5H2. The second kappa shape index (κ2) is 3.20. The van der Waals surface area contributed by atoms with Crippen molar-refractivity contribution in [3.05, 3.63) is 40.4 Å². The first kappa shape index (κ1) is 8.85. The molecule has 0 amide bonds. The van der Waals surface area contributed by atoms with Crippen LogP contribution in [0.5, 0.6) is 0 Å². The van der Waals surface area contributed by atoms with Crippen LogP contribution in [0.1, 0.15) is 11.1 Å². The first-order valence-corrected chi connectivity index (χ1v) is 4.73. The third kappa shape index (κ3) is 1.40. The van der Waals surface area contributed by atoms with Crippen molar-refractivity contribution in [1.82, 2.24) is 0 Å². The average Bonchev–Trinajstić information content (AvgIpc) is 2.15. The number of carbonyl (C=O) groups is 1. The third-order valence-electron chi connectivity index (χ3n) is 2.08. The van der Waals surface area contributed by atoms with E-state index in [-0.39, 0.29) is 10.8 Å². The summed E-state index contributed by atoms with van der Waals surface area (Å²) in [4.78, 5) is 11.9. The van der Waals surface area contributed by atoms with Crippen molar-refractivity contribution >= 4 is 34.9 Å². The Morgan fingerprint density at radius 1 is 1.31 bits per heavy atom. The minimum Gasteiger partial charge on any atom is -0.293 e. The lowest BCUT2D eigenvalue weighted by atomic mass is 9.96. The van der Waals surface area contributed by atoms with Crippen molar-refractivity contribution in [2.24, 2.45) is 0 Å². The zero-order valence-electron chi connectivity index (χ0n) is 6.75. The fourth-order valence-electron chi connectivity index (χ4n) is 1.41. The summed E-state index contributed by atoms with van der Waals surface area (Å²) in [5, 5.41) is 0.252. The van der Waals surface area contributed by atoms with Gasteiger partial charge in [-0.15, -0.1) is 12.6 Å². The molecule has 0 saturated heterocycles. The quantitative estimate of drug-likeness (QED) is 0.652. The van der Waals surface area contributed by atoms with Crippen molar-refractivity contribution in [3.63, 3.8) is 0 Å². The van der Waals surface area contributed by atoms with Crippen LogP contribution in [-0.4, -0.2) is 5.78 Å². The Morgan fingerprint density at radius 2 is 2.00 bits per heavy atom. The van der Waals surface area contributed by atoms with E-state index in [0.717, 1.165) is 11.1 Å². The number of hydrogen-bond acceptors (Lipinski definition) is 2. The Bertz CT molecular complexity index is 409. The molecule has 0 aromatic heterocycles. The lowest BCUT2D eigenvalue weighted by Gasteiger charge is -2.15. The highest BCUT2D eigenvalue weighted by Gasteiger charge is 2.21. The zero-order chi connectivity index (χ0) is 9.42. The number of halogens is 1. The maximum atomic E-state index is 11.3. The fourth-order valence-corrected chi connectivity index (χ4v) is 1.92. The van der Waals surface area contributed by atoms with Gasteiger partial charge in [0.25, 0.3) is 0 Å². The number of allylic oxidation sites excluding steroid dienone is 1. The molecule has 0 radical (unpaired) electrons. The molecule has 0 atom stereocenters. The molecule has 13 heavy (non-hydrogen) atoms. The van der Waals surface area contributed by atoms with Crippen LogP contribution >= 0.6 is 24.2 Å². The van der Waals surface area contributed by atoms with Crippen molar-refractivity contribution in [3.8, 4) is 0 Å². The minimum absolute atomic E-state index is 0.0506. The Morgan fingerprint density at radius 3 is 2.77 bits per heavy atom. The van der Waals surface area contributed by atoms with Crippen LogP contribution in [0.3, 0.4) is 0 Å². The summed E-state index contributed by atoms with van der Waals surface area (Å²) in [6.45, 7) is 0. The van der Waals surface area contributed by atoms with E-state index in [1.807, 2.05) is 24.3 Å². The van der Waals surface area contributed by atoms with Crippen LogP contribution in [0.25, 0.3) is 4.91 Å². The molecule has 0 heterocycles. The van der Waals surface area contributed by atoms with Crippen LogP contribution < -0.4 is 0 Å². The smallest absolute Gasteiger partial charge is 0.179 e. The molecular formula is C10H7ClOS. The Hall–Kier alpha value is -0.730. The van der Waals surface area contributed by atoms with E-state index >= 15 is 0 Å². The molecule has 0 unspecified atom stereocenters. The van der Waals surface area contributed by atoms with E-state index in [9.17, 15) is 4.79 Å². The number of thiol groups is 1. The highest BCUT2D eigenvalue weighted by molar-refractivity contribution is 7.90. The molecule has 1 aliphatic rings. The second-order valence-electron chi connectivity index (χ2n) is 2.92. The maximum absolute atomic E-state index is 11.3. The van der Waals surface area contributed by atoms with Crippen molar-refractivity contribution in [1.29, 1.82) is 0 Å². The van der Waals surface area contributed by atoms with Crippen LogP contribution in [0, 0.1) is 0 Å². The predicted octanol–water partition coefficient (Wildman–Crippen LogP) is 2.65. The van der Waals surface area contributed by atoms with Crippen molar-refractivity contribution < 1.29 is 4.79 Å². The molecule has 2 rings (SSSR count). The van der Waals surface area contributed by atoms with Gasteiger partial charge < -0.3 is 0 Å². The van der Waals surface area contributed by atoms with Crippen molar-refractivity contribution in [2.45, 2.75) is 6.42 Å². The van der Waals surface area contributed by atoms with Crippen LogP contribution in [0.15, 0.2) is 29.3 Å². The van der Waals surface area contributed by atoms with Gasteiger partial charge in [-0.2, -0.15) is 0 Å². The topological polar surface area (TPSA) is 17.1 Å². The summed E-state index contributed by atoms with van der Waals surface area (Å²) in [6, 6.07) is 7.67. The molecule has 1 nitrogen and oxygen atoms in total. The van der Waals surface area contributed by atoms with Crippen LogP contribution in [0.4, 0.5) is 0 Å². The summed E-state index contributed by atoms with van der Waals surface area (Å²) in [5.74, 6) is -0.0506. The Labute approximate surface area is 86.8 Å². The summed E-state index contributed by atoms with van der Waals surface area (Å²) in [5.41, 5.74) is 1.97. The Kier molecular flexibility index (Phi) is 2.18. The minimum atomic E-state index is -0.0506. The number of fused-ring (bicyclic) bond motifs is 1. The Balaban J connectivity index is 2.66. The molecule has 0 bridgehead atoms. The van der Waals surface area contributed by atoms with Gasteiger partial charge in [-0.1, -0.05) is 35.9 Å². The molecule has 0 spiro atoms. The van der Waals surface area contributed by atoms with Gasteiger partial charge in [-0.25, -0.2) is 0 Å². The van der Waals surface area contributed by atoms with E-state index in [0.29, 0.717) is 11.3 Å². The fraction of sp³-hybridized carbons (Fsp3) is 0.100. The average molecular weight is 211 g/mol. The SMILES string of the molecule is O=C1Cc2ccccc2C(S)=C1Cl. The number of rotatable bonds is 0. The van der Waals surface area contributed by atoms with Gasteiger partial charge >= 0.3 is 0 Å². The highest BCUT2D eigenvalue weighted by atomic mass is 35.5. The molecule has 66 valence electrons. The first-order valence-electron chi connectivity index (χ1n) is 3.90. The molecule has 0 aliphatic heterocycles. The van der Waals surface area contributed by atoms with Crippen LogP contribution in [0.2, 0.25) is 0 Å². The van der Waals surface area contributed by atoms with Crippen LogP contribution in [-0.2, 0) is 11.2 Å². The molecule has 0 fully saturated rings. The zero-order valence-corrected chi connectivity index (χ0v) is 8.40. The van der Waals surface area contributed by atoms with Gasteiger partial charge in [0.2, 0.25) is 0 Å². The summed E-state index contributed by atoms with van der Waals surface area (Å²) in [6.07, 6.45) is 0.388. The molecule has 1 aromatic carbocycles. The van der Waals surface area contributed by atoms with E-state index in [1.54, 1.807) is 0 Å². The van der Waals surface area contributed by atoms with Gasteiger partial charge in [0.05, 0.1) is 5.03 Å². The molecular weight excluding hydrogens is 204 g/mol. The molecule has 0 N–H and O–H groups in total. The van der Waals surface area contributed by atoms with Gasteiger partial charge in [0.15, 0.2) is 5.78 Å². The lowest BCUT2D eigenvalue weighted by Crippen LogP contribution is -2.10. The first-order chi connectivity index (χ1) is 6.20. The van der Waals surface area contributed by atoms with Gasteiger partial charge in [-0.05, 0) is 11.1 Å². The number of Topliss-reactive ketones (excluding diaryl/α,β-unsaturated/α-hetero) is 1. The van der Waals surface area contributed by atoms with Gasteiger partial charge in [0.1, 0.15) is 0 Å². The number of benzene rings is 1. The molecule has 1 aromatic rings. The van der Waals surface area contributed by atoms with Gasteiger partial charge in [0, 0.05) is 11.3 Å². The van der Waals surface area contributed by atoms with E-state index in [2.05, 4.69) is 12.6 Å². The van der Waals surface area contributed by atoms with E-state index < -0.39 is 0 Å². The molecule has 1 aliphatic carbocycles. The highest BCUT2D eigenvalue weighted by Crippen LogP contribution is 2.33. The third-order valence-corrected chi connectivity index (χ3v) is 3.07. The lowest BCUT2D eigenvalue weighted by molar-refractivity contribution is -0.114. The van der Waals surface area contributed by atoms with Crippen molar-refractivity contribution in [2.75, 3.05) is 0 Å². The predicted molar refractivity (Wildman–Crippen MR) is 56.9 cm³/mol. The largest absolute Gasteiger partial charge is 0.293 e. The van der Waals surface area contributed by atoms with E-state index in [1.165, 1.54) is 0 Å².